The molecule has 224 valence electrons. The fourth-order valence-electron chi connectivity index (χ4n) is 4.81. The molecule has 3 aromatic rings. The van der Waals surface area contributed by atoms with Crippen molar-refractivity contribution in [3.63, 3.8) is 0 Å². The highest BCUT2D eigenvalue weighted by atomic mass is 35.5. The molecule has 6 nitrogen and oxygen atoms in total. The van der Waals surface area contributed by atoms with Crippen LogP contribution in [0.15, 0.2) is 42.5 Å². The molecule has 0 amide bonds. The molecule has 0 aliphatic rings. The van der Waals surface area contributed by atoms with Crippen LogP contribution in [0.25, 0.3) is 21.5 Å². The fraction of sp³-hybridized carbons (Fsp3) is 0.529. The molecule has 41 heavy (non-hydrogen) atoms. The predicted octanol–water partition coefficient (Wildman–Crippen LogP) is 9.21. The van der Waals surface area contributed by atoms with Gasteiger partial charge in [0.15, 0.2) is 0 Å². The third kappa shape index (κ3) is 10.1. The summed E-state index contributed by atoms with van der Waals surface area (Å²) in [6.07, 6.45) is 8.28. The Labute approximate surface area is 249 Å². The molecule has 0 N–H and O–H groups in total. The van der Waals surface area contributed by atoms with Crippen molar-refractivity contribution in [3.05, 3.63) is 47.5 Å². The van der Waals surface area contributed by atoms with Crippen molar-refractivity contribution in [2.24, 2.45) is 0 Å². The molecule has 3 rings (SSSR count). The summed E-state index contributed by atoms with van der Waals surface area (Å²) in [4.78, 5) is 24.5. The Morgan fingerprint density at radius 3 is 1.61 bits per heavy atom. The number of carbonyl (C=O) groups is 2. The Balaban J connectivity index is 1.75. The standard InChI is InChI=1S/C34H45ClO6/c1-5-7-9-11-17-31(36)40-24(3)22-38-33-27-15-13-14-16-28(27)34(30-21-26(35)19-20-29(30)33)39-23-25(4)41-32(37)18-12-10-8-6-2/h13-16,19-21,24-25H,5-12,17-18,22-23H2,1-4H3. The highest BCUT2D eigenvalue weighted by molar-refractivity contribution is 6.31. The van der Waals surface area contributed by atoms with Crippen molar-refractivity contribution >= 4 is 45.1 Å². The molecule has 7 heteroatoms. The summed E-state index contributed by atoms with van der Waals surface area (Å²) >= 11 is 6.42. The van der Waals surface area contributed by atoms with Crippen LogP contribution in [0, 0.1) is 0 Å². The van der Waals surface area contributed by atoms with Crippen LogP contribution in [0.5, 0.6) is 11.5 Å². The minimum atomic E-state index is -0.407. The van der Waals surface area contributed by atoms with E-state index >= 15 is 0 Å². The zero-order valence-corrected chi connectivity index (χ0v) is 25.8. The van der Waals surface area contributed by atoms with E-state index in [4.69, 9.17) is 30.5 Å². The molecule has 0 aliphatic carbocycles. The average molecular weight is 585 g/mol. The summed E-state index contributed by atoms with van der Waals surface area (Å²) in [7, 11) is 0. The molecule has 0 radical (unpaired) electrons. The maximum Gasteiger partial charge on any atom is 0.306 e. The second kappa shape index (κ2) is 17.1. The van der Waals surface area contributed by atoms with Crippen molar-refractivity contribution in [2.75, 3.05) is 13.2 Å². The average Bonchev–Trinajstić information content (AvgIpc) is 2.95. The Bertz CT molecular complexity index is 1270. The minimum absolute atomic E-state index is 0.196. The lowest BCUT2D eigenvalue weighted by molar-refractivity contribution is -0.150. The van der Waals surface area contributed by atoms with Gasteiger partial charge in [-0.2, -0.15) is 0 Å². The van der Waals surface area contributed by atoms with E-state index in [1.54, 1.807) is 0 Å². The van der Waals surface area contributed by atoms with E-state index in [1.165, 1.54) is 0 Å². The Morgan fingerprint density at radius 1 is 0.659 bits per heavy atom. The molecule has 0 saturated carbocycles. The van der Waals surface area contributed by atoms with Gasteiger partial charge < -0.3 is 18.9 Å². The zero-order valence-electron chi connectivity index (χ0n) is 25.0. The summed E-state index contributed by atoms with van der Waals surface area (Å²) in [5.74, 6) is 0.938. The van der Waals surface area contributed by atoms with Gasteiger partial charge in [0, 0.05) is 39.4 Å². The third-order valence-electron chi connectivity index (χ3n) is 6.95. The number of halogens is 1. The van der Waals surface area contributed by atoms with Crippen LogP contribution in [0.2, 0.25) is 5.02 Å². The van der Waals surface area contributed by atoms with Gasteiger partial charge in [0.25, 0.3) is 0 Å². The lowest BCUT2D eigenvalue weighted by Crippen LogP contribution is -2.22. The van der Waals surface area contributed by atoms with E-state index in [-0.39, 0.29) is 25.2 Å². The van der Waals surface area contributed by atoms with Crippen molar-refractivity contribution in [1.82, 2.24) is 0 Å². The quantitative estimate of drug-likeness (QED) is 0.0843. The molecule has 0 spiro atoms. The summed E-state index contributed by atoms with van der Waals surface area (Å²) in [5.41, 5.74) is 0. The first-order chi connectivity index (χ1) is 19.8. The lowest BCUT2D eigenvalue weighted by atomic mass is 10.0. The zero-order chi connectivity index (χ0) is 29.6. The molecule has 2 atom stereocenters. The van der Waals surface area contributed by atoms with Crippen molar-refractivity contribution < 1.29 is 28.5 Å². The third-order valence-corrected chi connectivity index (χ3v) is 7.18. The minimum Gasteiger partial charge on any atom is -0.488 e. The van der Waals surface area contributed by atoms with Gasteiger partial charge in [-0.05, 0) is 44.9 Å². The smallest absolute Gasteiger partial charge is 0.306 e. The molecule has 0 fully saturated rings. The second-order valence-corrected chi connectivity index (χ2v) is 11.2. The summed E-state index contributed by atoms with van der Waals surface area (Å²) in [6, 6.07) is 13.4. The molecule has 2 unspecified atom stereocenters. The maximum atomic E-state index is 12.3. The van der Waals surface area contributed by atoms with E-state index < -0.39 is 12.2 Å². The molecule has 3 aromatic carbocycles. The lowest BCUT2D eigenvalue weighted by Gasteiger charge is -2.21. The van der Waals surface area contributed by atoms with Crippen LogP contribution in [0.3, 0.4) is 0 Å². The number of fused-ring (bicyclic) bond motifs is 2. The highest BCUT2D eigenvalue weighted by Gasteiger charge is 2.19. The monoisotopic (exact) mass is 584 g/mol. The second-order valence-electron chi connectivity index (χ2n) is 10.7. The number of esters is 2. The summed E-state index contributed by atoms with van der Waals surface area (Å²) < 4.78 is 23.8. The largest absolute Gasteiger partial charge is 0.488 e. The summed E-state index contributed by atoms with van der Waals surface area (Å²) in [6.45, 7) is 8.39. The topological polar surface area (TPSA) is 71.1 Å². The molecule has 0 heterocycles. The Kier molecular flexibility index (Phi) is 13.5. The van der Waals surface area contributed by atoms with Gasteiger partial charge >= 0.3 is 11.9 Å². The first-order valence-electron chi connectivity index (χ1n) is 15.1. The fourth-order valence-corrected chi connectivity index (χ4v) is 4.98. The van der Waals surface area contributed by atoms with E-state index in [9.17, 15) is 9.59 Å². The molecular weight excluding hydrogens is 540 g/mol. The number of hydrogen-bond acceptors (Lipinski definition) is 6. The molecule has 0 aliphatic heterocycles. The Hall–Kier alpha value is -2.99. The molecular formula is C34H45ClO6. The normalized spacial score (nSPS) is 12.7. The van der Waals surface area contributed by atoms with Crippen LogP contribution in [-0.4, -0.2) is 37.4 Å². The number of ether oxygens (including phenoxy) is 4. The van der Waals surface area contributed by atoms with Crippen LogP contribution >= 0.6 is 11.6 Å². The molecule has 0 bridgehead atoms. The van der Waals surface area contributed by atoms with Gasteiger partial charge in [0.2, 0.25) is 0 Å². The van der Waals surface area contributed by atoms with Gasteiger partial charge in [0.1, 0.15) is 36.9 Å². The SMILES string of the molecule is CCCCCCC(=O)OC(C)COc1c2ccccc2c(OCC(C)OC(=O)CCCCCC)c2cc(Cl)ccc12. The number of hydrogen-bond donors (Lipinski definition) is 0. The Morgan fingerprint density at radius 2 is 1.12 bits per heavy atom. The van der Waals surface area contributed by atoms with Crippen LogP contribution in [0.1, 0.15) is 91.9 Å². The van der Waals surface area contributed by atoms with Crippen molar-refractivity contribution in [1.29, 1.82) is 0 Å². The van der Waals surface area contributed by atoms with Crippen LogP contribution in [-0.2, 0) is 19.1 Å². The number of unbranched alkanes of at least 4 members (excludes halogenated alkanes) is 6. The first-order valence-corrected chi connectivity index (χ1v) is 15.5. The number of rotatable bonds is 18. The van der Waals surface area contributed by atoms with E-state index in [2.05, 4.69) is 13.8 Å². The van der Waals surface area contributed by atoms with Gasteiger partial charge in [-0.15, -0.1) is 0 Å². The van der Waals surface area contributed by atoms with Gasteiger partial charge in [-0.25, -0.2) is 0 Å². The van der Waals surface area contributed by atoms with E-state index in [1.807, 2.05) is 56.3 Å². The number of benzene rings is 3. The van der Waals surface area contributed by atoms with Crippen LogP contribution in [0.4, 0.5) is 0 Å². The molecule has 0 saturated heterocycles. The maximum absolute atomic E-state index is 12.3. The van der Waals surface area contributed by atoms with Gasteiger partial charge in [-0.3, -0.25) is 9.59 Å². The van der Waals surface area contributed by atoms with Crippen molar-refractivity contribution in [2.45, 2.75) is 104 Å². The van der Waals surface area contributed by atoms with E-state index in [0.29, 0.717) is 29.4 Å². The van der Waals surface area contributed by atoms with Gasteiger partial charge in [-0.1, -0.05) is 88.2 Å². The van der Waals surface area contributed by atoms with Gasteiger partial charge in [0.05, 0.1) is 0 Å². The summed E-state index contributed by atoms with van der Waals surface area (Å²) in [5, 5.41) is 3.93. The van der Waals surface area contributed by atoms with Crippen LogP contribution < -0.4 is 9.47 Å². The first kappa shape index (κ1) is 32.5. The highest BCUT2D eigenvalue weighted by Crippen LogP contribution is 2.43. The number of carbonyl (C=O) groups excluding carboxylic acids is 2. The molecule has 0 aromatic heterocycles. The predicted molar refractivity (Wildman–Crippen MR) is 166 cm³/mol. The van der Waals surface area contributed by atoms with E-state index in [0.717, 1.165) is 72.9 Å². The van der Waals surface area contributed by atoms with Crippen molar-refractivity contribution in [3.8, 4) is 11.5 Å².